The third-order valence-corrected chi connectivity index (χ3v) is 2.29. The molecule has 0 aliphatic heterocycles. The number of amides is 1. The number of nitrogens with one attached hydrogen (secondary N) is 1. The van der Waals surface area contributed by atoms with Crippen LogP contribution in [0.1, 0.15) is 23.2 Å². The molecule has 0 atom stereocenters. The predicted octanol–water partition coefficient (Wildman–Crippen LogP) is 2.20. The summed E-state index contributed by atoms with van der Waals surface area (Å²) in [5.41, 5.74) is -0.630. The van der Waals surface area contributed by atoms with Gasteiger partial charge in [0.25, 0.3) is 5.69 Å². The molecule has 0 saturated carbocycles. The molecule has 2 N–H and O–H groups in total. The van der Waals surface area contributed by atoms with Crippen LogP contribution in [0.15, 0.2) is 30.9 Å². The SMILES string of the molecule is C=CCCC(=O)Nc1ccc([N+](=O)[O-])cc1C(=O)O. The number of carbonyl (C=O) groups is 2. The number of anilines is 1. The minimum absolute atomic E-state index is 0.0344. The van der Waals surface area contributed by atoms with E-state index in [1.807, 2.05) is 0 Å². The molecular weight excluding hydrogens is 252 g/mol. The van der Waals surface area contributed by atoms with Crippen molar-refractivity contribution in [1.29, 1.82) is 0 Å². The highest BCUT2D eigenvalue weighted by Crippen LogP contribution is 2.22. The number of carboxylic acid groups (broad SMARTS) is 1. The summed E-state index contributed by atoms with van der Waals surface area (Å²) in [5.74, 6) is -1.72. The van der Waals surface area contributed by atoms with Gasteiger partial charge in [0, 0.05) is 18.6 Å². The Labute approximate surface area is 108 Å². The molecule has 0 fully saturated rings. The number of hydrogen-bond donors (Lipinski definition) is 2. The molecule has 0 aliphatic rings. The molecule has 100 valence electrons. The van der Waals surface area contributed by atoms with Crippen LogP contribution in [-0.4, -0.2) is 21.9 Å². The first-order valence-corrected chi connectivity index (χ1v) is 5.38. The summed E-state index contributed by atoms with van der Waals surface area (Å²) >= 11 is 0. The summed E-state index contributed by atoms with van der Waals surface area (Å²) in [6, 6.07) is 3.24. The molecule has 0 saturated heterocycles. The number of rotatable bonds is 6. The molecule has 0 heterocycles. The largest absolute Gasteiger partial charge is 0.478 e. The van der Waals surface area contributed by atoms with Gasteiger partial charge in [-0.1, -0.05) is 6.08 Å². The average Bonchev–Trinajstić information content (AvgIpc) is 2.36. The summed E-state index contributed by atoms with van der Waals surface area (Å²) in [7, 11) is 0. The molecule has 7 nitrogen and oxygen atoms in total. The number of nitrogens with zero attached hydrogens (tertiary/aromatic N) is 1. The molecule has 0 aliphatic carbocycles. The third-order valence-electron chi connectivity index (χ3n) is 2.29. The van der Waals surface area contributed by atoms with Crippen molar-refractivity contribution in [3.63, 3.8) is 0 Å². The fourth-order valence-electron chi connectivity index (χ4n) is 1.38. The number of benzene rings is 1. The predicted molar refractivity (Wildman–Crippen MR) is 68.1 cm³/mol. The lowest BCUT2D eigenvalue weighted by molar-refractivity contribution is -0.384. The number of carbonyl (C=O) groups excluding carboxylic acids is 1. The van der Waals surface area contributed by atoms with Gasteiger partial charge in [-0.2, -0.15) is 0 Å². The number of carboxylic acids is 1. The lowest BCUT2D eigenvalue weighted by Gasteiger charge is -2.07. The standard InChI is InChI=1S/C12H12N2O5/c1-2-3-4-11(15)13-10-6-5-8(14(18)19)7-9(10)12(16)17/h2,5-7H,1,3-4H2,(H,13,15)(H,16,17). The molecule has 19 heavy (non-hydrogen) atoms. The normalized spacial score (nSPS) is 9.68. The first kappa shape index (κ1) is 14.4. The first-order valence-electron chi connectivity index (χ1n) is 5.38. The van der Waals surface area contributed by atoms with Crippen LogP contribution in [0.5, 0.6) is 0 Å². The topological polar surface area (TPSA) is 110 Å². The highest BCUT2D eigenvalue weighted by Gasteiger charge is 2.17. The molecule has 0 bridgehead atoms. The number of non-ortho nitro benzene ring substituents is 1. The van der Waals surface area contributed by atoms with Crippen molar-refractivity contribution >= 4 is 23.3 Å². The van der Waals surface area contributed by atoms with Crippen molar-refractivity contribution in [2.45, 2.75) is 12.8 Å². The zero-order chi connectivity index (χ0) is 14.4. The van der Waals surface area contributed by atoms with Crippen LogP contribution < -0.4 is 5.32 Å². The van der Waals surface area contributed by atoms with E-state index in [-0.39, 0.29) is 29.3 Å². The molecule has 1 aromatic carbocycles. The highest BCUT2D eigenvalue weighted by atomic mass is 16.6. The number of allylic oxidation sites excluding steroid dienone is 1. The quantitative estimate of drug-likeness (QED) is 0.465. The Kier molecular flexibility index (Phi) is 4.76. The summed E-state index contributed by atoms with van der Waals surface area (Å²) in [4.78, 5) is 32.3. The van der Waals surface area contributed by atoms with Gasteiger partial charge in [0.2, 0.25) is 5.91 Å². The number of aromatic carboxylic acids is 1. The zero-order valence-electron chi connectivity index (χ0n) is 9.96. The van der Waals surface area contributed by atoms with E-state index >= 15 is 0 Å². The van der Waals surface area contributed by atoms with Crippen LogP contribution in [0, 0.1) is 10.1 Å². The molecule has 1 aromatic rings. The van der Waals surface area contributed by atoms with Gasteiger partial charge in [0.15, 0.2) is 0 Å². The van der Waals surface area contributed by atoms with Gasteiger partial charge in [0.1, 0.15) is 0 Å². The van der Waals surface area contributed by atoms with Crippen LogP contribution in [0.2, 0.25) is 0 Å². The summed E-state index contributed by atoms with van der Waals surface area (Å²) < 4.78 is 0. The summed E-state index contributed by atoms with van der Waals surface area (Å²) in [6.07, 6.45) is 2.19. The number of nitro benzene ring substituents is 1. The molecule has 0 unspecified atom stereocenters. The van der Waals surface area contributed by atoms with Crippen molar-refractivity contribution in [3.05, 3.63) is 46.5 Å². The summed E-state index contributed by atoms with van der Waals surface area (Å²) in [5, 5.41) is 21.9. The van der Waals surface area contributed by atoms with Crippen molar-refractivity contribution < 1.29 is 19.6 Å². The number of hydrogen-bond acceptors (Lipinski definition) is 4. The monoisotopic (exact) mass is 264 g/mol. The van der Waals surface area contributed by atoms with Crippen molar-refractivity contribution in [2.24, 2.45) is 0 Å². The zero-order valence-corrected chi connectivity index (χ0v) is 9.96. The second-order valence-electron chi connectivity index (χ2n) is 3.67. The van der Waals surface area contributed by atoms with Gasteiger partial charge in [0.05, 0.1) is 16.2 Å². The Hall–Kier alpha value is -2.70. The number of nitro groups is 1. The molecule has 0 radical (unpaired) electrons. The lowest BCUT2D eigenvalue weighted by atomic mass is 10.1. The minimum atomic E-state index is -1.34. The minimum Gasteiger partial charge on any atom is -0.478 e. The van der Waals surface area contributed by atoms with Crippen LogP contribution >= 0.6 is 0 Å². The van der Waals surface area contributed by atoms with Crippen molar-refractivity contribution in [1.82, 2.24) is 0 Å². The Balaban J connectivity index is 3.00. The third kappa shape index (κ3) is 3.91. The van der Waals surface area contributed by atoms with E-state index in [1.54, 1.807) is 6.08 Å². The highest BCUT2D eigenvalue weighted by molar-refractivity contribution is 6.01. The van der Waals surface area contributed by atoms with E-state index in [0.717, 1.165) is 12.1 Å². The van der Waals surface area contributed by atoms with Crippen LogP contribution in [-0.2, 0) is 4.79 Å². The van der Waals surface area contributed by atoms with E-state index in [2.05, 4.69) is 11.9 Å². The Bertz CT molecular complexity index is 539. The lowest BCUT2D eigenvalue weighted by Crippen LogP contribution is -2.14. The second-order valence-corrected chi connectivity index (χ2v) is 3.67. The second kappa shape index (κ2) is 6.29. The Morgan fingerprint density at radius 3 is 2.68 bits per heavy atom. The van der Waals surface area contributed by atoms with Gasteiger partial charge in [-0.25, -0.2) is 4.79 Å². The maximum Gasteiger partial charge on any atom is 0.338 e. The summed E-state index contributed by atoms with van der Waals surface area (Å²) in [6.45, 7) is 3.47. The molecular formula is C12H12N2O5. The fourth-order valence-corrected chi connectivity index (χ4v) is 1.38. The Morgan fingerprint density at radius 1 is 1.47 bits per heavy atom. The van der Waals surface area contributed by atoms with Gasteiger partial charge in [-0.3, -0.25) is 14.9 Å². The molecule has 0 spiro atoms. The van der Waals surface area contributed by atoms with Gasteiger partial charge < -0.3 is 10.4 Å². The van der Waals surface area contributed by atoms with E-state index in [4.69, 9.17) is 5.11 Å². The van der Waals surface area contributed by atoms with Gasteiger partial charge >= 0.3 is 5.97 Å². The van der Waals surface area contributed by atoms with E-state index in [1.165, 1.54) is 6.07 Å². The molecule has 0 aromatic heterocycles. The van der Waals surface area contributed by atoms with E-state index in [9.17, 15) is 19.7 Å². The maximum absolute atomic E-state index is 11.5. The molecule has 7 heteroatoms. The maximum atomic E-state index is 11.5. The average molecular weight is 264 g/mol. The van der Waals surface area contributed by atoms with Crippen LogP contribution in [0.4, 0.5) is 11.4 Å². The van der Waals surface area contributed by atoms with Crippen LogP contribution in [0.25, 0.3) is 0 Å². The Morgan fingerprint density at radius 2 is 2.16 bits per heavy atom. The van der Waals surface area contributed by atoms with Crippen molar-refractivity contribution in [2.75, 3.05) is 5.32 Å². The van der Waals surface area contributed by atoms with Crippen molar-refractivity contribution in [3.8, 4) is 0 Å². The smallest absolute Gasteiger partial charge is 0.338 e. The fraction of sp³-hybridized carbons (Fsp3) is 0.167. The first-order chi connectivity index (χ1) is 8.95. The van der Waals surface area contributed by atoms with E-state index in [0.29, 0.717) is 6.42 Å². The molecule has 1 rings (SSSR count). The van der Waals surface area contributed by atoms with Crippen LogP contribution in [0.3, 0.4) is 0 Å². The van der Waals surface area contributed by atoms with Gasteiger partial charge in [-0.15, -0.1) is 6.58 Å². The van der Waals surface area contributed by atoms with Gasteiger partial charge in [-0.05, 0) is 12.5 Å². The molecule has 1 amide bonds. The van der Waals surface area contributed by atoms with E-state index < -0.39 is 10.9 Å².